The van der Waals surface area contributed by atoms with Gasteiger partial charge in [0.2, 0.25) is 0 Å². The summed E-state index contributed by atoms with van der Waals surface area (Å²) in [5.41, 5.74) is 19.0. The molecule has 4 rings (SSSR count). The van der Waals surface area contributed by atoms with E-state index in [-0.39, 0.29) is 10.8 Å². The molecule has 0 aromatic carbocycles. The van der Waals surface area contributed by atoms with Crippen molar-refractivity contribution in [3.05, 3.63) is 11.6 Å². The minimum Gasteiger partial charge on any atom is -0.350 e. The summed E-state index contributed by atoms with van der Waals surface area (Å²) >= 11 is 0. The van der Waals surface area contributed by atoms with Crippen LogP contribution < -0.4 is 22.3 Å². The van der Waals surface area contributed by atoms with E-state index in [0.717, 1.165) is 49.9 Å². The predicted octanol–water partition coefficient (Wildman–Crippen LogP) is 3.00. The highest BCUT2D eigenvalue weighted by molar-refractivity contribution is 5.97. The van der Waals surface area contributed by atoms with E-state index in [1.165, 1.54) is 18.4 Å². The molecule has 29 heavy (non-hydrogen) atoms. The quantitative estimate of drug-likeness (QED) is 0.530. The third kappa shape index (κ3) is 3.32. The van der Waals surface area contributed by atoms with Gasteiger partial charge in [-0.2, -0.15) is 10.2 Å². The van der Waals surface area contributed by atoms with Gasteiger partial charge in [-0.05, 0) is 80.6 Å². The molecule has 0 aliphatic heterocycles. The summed E-state index contributed by atoms with van der Waals surface area (Å²) in [6, 6.07) is -1.22. The lowest BCUT2D eigenvalue weighted by Crippen LogP contribution is -2.50. The third-order valence-corrected chi connectivity index (χ3v) is 8.33. The van der Waals surface area contributed by atoms with Crippen molar-refractivity contribution in [1.29, 1.82) is 0 Å². The molecule has 4 aliphatic carbocycles. The maximum Gasteiger partial charge on any atom is 0.332 e. The molecule has 0 radical (unpaired) electrons. The van der Waals surface area contributed by atoms with Crippen LogP contribution in [0.1, 0.15) is 65.2 Å². The zero-order valence-electron chi connectivity index (χ0n) is 17.3. The molecule has 0 bridgehead atoms. The molecular weight excluding hydrogens is 368 g/mol. The van der Waals surface area contributed by atoms with Crippen LogP contribution in [0.4, 0.5) is 9.59 Å². The fraction of sp³-hybridized carbons (Fsp3) is 0.714. The van der Waals surface area contributed by atoms with Crippen LogP contribution in [0, 0.1) is 28.6 Å². The van der Waals surface area contributed by atoms with E-state index >= 15 is 0 Å². The average molecular weight is 401 g/mol. The number of nitrogens with one attached hydrogen (secondary N) is 2. The van der Waals surface area contributed by atoms with E-state index in [9.17, 15) is 9.59 Å². The summed E-state index contributed by atoms with van der Waals surface area (Å²) in [5, 5.41) is 8.55. The van der Waals surface area contributed by atoms with Crippen molar-refractivity contribution in [1.82, 2.24) is 10.9 Å². The molecule has 4 aliphatic rings. The summed E-state index contributed by atoms with van der Waals surface area (Å²) in [6.07, 6.45) is 10.7. The Balaban J connectivity index is 1.57. The minimum absolute atomic E-state index is 0.0634. The maximum atomic E-state index is 11.1. The van der Waals surface area contributed by atoms with E-state index < -0.39 is 12.1 Å². The predicted molar refractivity (Wildman–Crippen MR) is 112 cm³/mol. The number of primary amides is 2. The Bertz CT molecular complexity index is 818. The first-order valence-corrected chi connectivity index (χ1v) is 10.7. The Labute approximate surface area is 171 Å². The number of hydrazone groups is 2. The first-order valence-electron chi connectivity index (χ1n) is 10.7. The molecule has 8 nitrogen and oxygen atoms in total. The Morgan fingerprint density at radius 2 is 1.62 bits per heavy atom. The summed E-state index contributed by atoms with van der Waals surface area (Å²) in [5.74, 6) is 1.95. The van der Waals surface area contributed by atoms with Crippen molar-refractivity contribution in [3.63, 3.8) is 0 Å². The number of urea groups is 2. The normalized spacial score (nSPS) is 41.2. The van der Waals surface area contributed by atoms with Crippen molar-refractivity contribution in [2.75, 3.05) is 0 Å². The van der Waals surface area contributed by atoms with Crippen molar-refractivity contribution < 1.29 is 9.59 Å². The van der Waals surface area contributed by atoms with Crippen LogP contribution in [-0.2, 0) is 0 Å². The van der Waals surface area contributed by atoms with Crippen LogP contribution in [0.3, 0.4) is 0 Å². The number of amides is 4. The van der Waals surface area contributed by atoms with Crippen molar-refractivity contribution in [2.24, 2.45) is 50.3 Å². The van der Waals surface area contributed by atoms with E-state index in [0.29, 0.717) is 17.8 Å². The number of carbonyl (C=O) groups excluding carboxylic acids is 2. The lowest BCUT2D eigenvalue weighted by molar-refractivity contribution is -0.0155. The van der Waals surface area contributed by atoms with Crippen LogP contribution >= 0.6 is 0 Å². The third-order valence-electron chi connectivity index (χ3n) is 8.33. The van der Waals surface area contributed by atoms with E-state index in [1.54, 1.807) is 0 Å². The fourth-order valence-electron chi connectivity index (χ4n) is 6.88. The van der Waals surface area contributed by atoms with Gasteiger partial charge in [0, 0.05) is 11.1 Å². The van der Waals surface area contributed by atoms with Gasteiger partial charge < -0.3 is 11.5 Å². The lowest BCUT2D eigenvalue weighted by atomic mass is 9.47. The van der Waals surface area contributed by atoms with E-state index in [4.69, 9.17) is 11.5 Å². The molecular formula is C21H32N6O2. The Morgan fingerprint density at radius 1 is 0.931 bits per heavy atom. The molecule has 0 aromatic rings. The molecule has 3 fully saturated rings. The molecule has 0 heterocycles. The summed E-state index contributed by atoms with van der Waals surface area (Å²) < 4.78 is 0. The molecule has 158 valence electrons. The molecule has 8 heteroatoms. The van der Waals surface area contributed by atoms with Gasteiger partial charge in [0.1, 0.15) is 0 Å². The highest BCUT2D eigenvalue weighted by Gasteiger charge is 2.58. The molecule has 5 unspecified atom stereocenters. The van der Waals surface area contributed by atoms with E-state index in [2.05, 4.69) is 41.0 Å². The smallest absolute Gasteiger partial charge is 0.332 e. The highest BCUT2D eigenvalue weighted by atomic mass is 16.2. The number of carbonyl (C=O) groups is 2. The zero-order valence-corrected chi connectivity index (χ0v) is 17.3. The molecule has 6 N–H and O–H groups in total. The van der Waals surface area contributed by atoms with Crippen LogP contribution in [0.15, 0.2) is 21.9 Å². The number of rotatable bonds is 2. The number of fused-ring (bicyclic) bond motifs is 5. The Morgan fingerprint density at radius 3 is 2.34 bits per heavy atom. The van der Waals surface area contributed by atoms with Gasteiger partial charge in [-0.1, -0.05) is 19.4 Å². The van der Waals surface area contributed by atoms with Gasteiger partial charge in [-0.3, -0.25) is 0 Å². The SMILES string of the molecule is CC12CCC(=NNC(N)=O)C=C1CCC1C2CCC2(C)C(=NNC(N)=O)CCC12. The number of hydrogen-bond acceptors (Lipinski definition) is 4. The highest BCUT2D eigenvalue weighted by Crippen LogP contribution is 2.64. The Hall–Kier alpha value is -2.38. The van der Waals surface area contributed by atoms with Crippen molar-refractivity contribution in [2.45, 2.75) is 65.2 Å². The van der Waals surface area contributed by atoms with Crippen LogP contribution in [0.25, 0.3) is 0 Å². The Kier molecular flexibility index (Phi) is 4.91. The maximum absolute atomic E-state index is 11.1. The average Bonchev–Trinajstić information content (AvgIpc) is 3.01. The summed E-state index contributed by atoms with van der Waals surface area (Å²) in [4.78, 5) is 22.1. The second-order valence-electron chi connectivity index (χ2n) is 9.61. The van der Waals surface area contributed by atoms with E-state index in [1.807, 2.05) is 0 Å². The first kappa shape index (κ1) is 19.9. The van der Waals surface area contributed by atoms with Gasteiger partial charge in [0.25, 0.3) is 0 Å². The van der Waals surface area contributed by atoms with Crippen molar-refractivity contribution >= 4 is 23.5 Å². The molecule has 0 aromatic heterocycles. The summed E-state index contributed by atoms with van der Waals surface area (Å²) in [7, 11) is 0. The van der Waals surface area contributed by atoms with Gasteiger partial charge >= 0.3 is 12.1 Å². The monoisotopic (exact) mass is 400 g/mol. The largest absolute Gasteiger partial charge is 0.350 e. The van der Waals surface area contributed by atoms with Crippen LogP contribution in [0.5, 0.6) is 0 Å². The molecule has 5 atom stereocenters. The minimum atomic E-state index is -0.621. The van der Waals surface area contributed by atoms with Gasteiger partial charge in [-0.15, -0.1) is 0 Å². The zero-order chi connectivity index (χ0) is 20.8. The molecule has 3 saturated carbocycles. The van der Waals surface area contributed by atoms with Gasteiger partial charge in [-0.25, -0.2) is 20.4 Å². The van der Waals surface area contributed by atoms with Crippen LogP contribution in [0.2, 0.25) is 0 Å². The van der Waals surface area contributed by atoms with Crippen LogP contribution in [-0.4, -0.2) is 23.5 Å². The standard InChI is InChI=1S/C21H32N6O2/c1-20-9-7-13(24-26-18(22)28)11-12(20)3-4-14-15-5-6-17(25-27-19(23)29)21(15,2)10-8-16(14)20/h11,14-16H,3-10H2,1-2H3,(H3,22,26,28)(H3,23,27,29). The number of hydrogen-bond donors (Lipinski definition) is 4. The lowest BCUT2D eigenvalue weighted by Gasteiger charge is -2.57. The van der Waals surface area contributed by atoms with Crippen molar-refractivity contribution in [3.8, 4) is 0 Å². The topological polar surface area (TPSA) is 135 Å². The number of nitrogens with two attached hydrogens (primary N) is 2. The molecule has 4 amide bonds. The molecule has 0 saturated heterocycles. The fourth-order valence-corrected chi connectivity index (χ4v) is 6.88. The number of nitrogens with zero attached hydrogens (tertiary/aromatic N) is 2. The second-order valence-corrected chi connectivity index (χ2v) is 9.61. The summed E-state index contributed by atoms with van der Waals surface area (Å²) in [6.45, 7) is 4.76. The van der Waals surface area contributed by atoms with Gasteiger partial charge in [0.05, 0.1) is 5.71 Å². The number of allylic oxidation sites excluding steroid dienone is 2. The second kappa shape index (κ2) is 7.15. The molecule has 0 spiro atoms. The first-order chi connectivity index (χ1) is 13.7. The van der Waals surface area contributed by atoms with Gasteiger partial charge in [0.15, 0.2) is 0 Å².